The molecule has 0 saturated carbocycles. The molecule has 1 heterocycles. The van der Waals surface area contributed by atoms with Gasteiger partial charge < -0.3 is 9.47 Å². The molecule has 0 fully saturated rings. The normalized spacial score (nSPS) is 14.9. The lowest BCUT2D eigenvalue weighted by atomic mass is 9.86. The van der Waals surface area contributed by atoms with Crippen LogP contribution in [0.3, 0.4) is 0 Å². The van der Waals surface area contributed by atoms with Gasteiger partial charge in [-0.05, 0) is 41.2 Å². The number of aryl methyl sites for hydroxylation is 1. The Bertz CT molecular complexity index is 928. The minimum atomic E-state index is -0.326. The molecule has 3 rings (SSSR count). The van der Waals surface area contributed by atoms with Crippen LogP contribution in [0.25, 0.3) is 6.08 Å². The molecule has 1 aliphatic heterocycles. The zero-order valence-corrected chi connectivity index (χ0v) is 16.4. The number of hydrogen-bond donors (Lipinski definition) is 0. The number of benzene rings is 2. The van der Waals surface area contributed by atoms with E-state index in [0.29, 0.717) is 17.1 Å². The topological polar surface area (TPSA) is 52.6 Å². The summed E-state index contributed by atoms with van der Waals surface area (Å²) in [6.45, 7) is 10.0. The second kappa shape index (κ2) is 7.03. The Kier molecular flexibility index (Phi) is 4.92. The van der Waals surface area contributed by atoms with Crippen LogP contribution in [0.2, 0.25) is 0 Å². The number of esters is 1. The van der Waals surface area contributed by atoms with Crippen molar-refractivity contribution in [3.63, 3.8) is 0 Å². The van der Waals surface area contributed by atoms with Crippen molar-refractivity contribution in [3.05, 3.63) is 64.4 Å². The van der Waals surface area contributed by atoms with Crippen LogP contribution in [0.5, 0.6) is 11.5 Å². The quantitative estimate of drug-likeness (QED) is 0.425. The first kappa shape index (κ1) is 18.9. The molecular weight excluding hydrogens is 340 g/mol. The largest absolute Gasteiger partial charge is 0.452 e. The number of ether oxygens (including phenoxy) is 2. The van der Waals surface area contributed by atoms with Gasteiger partial charge in [0.05, 0.1) is 5.56 Å². The molecule has 0 amide bonds. The summed E-state index contributed by atoms with van der Waals surface area (Å²) in [6.07, 6.45) is 2.03. The predicted molar refractivity (Wildman–Crippen MR) is 105 cm³/mol. The molecule has 0 N–H and O–H groups in total. The van der Waals surface area contributed by atoms with Crippen LogP contribution in [0.1, 0.15) is 61.2 Å². The molecule has 0 spiro atoms. The van der Waals surface area contributed by atoms with E-state index in [4.69, 9.17) is 9.47 Å². The van der Waals surface area contributed by atoms with Gasteiger partial charge in [0.25, 0.3) is 0 Å². The molecule has 0 aromatic heterocycles. The molecule has 0 unspecified atom stereocenters. The minimum absolute atomic E-state index is 0.0744. The summed E-state index contributed by atoms with van der Waals surface area (Å²) in [5.41, 5.74) is 3.44. The van der Waals surface area contributed by atoms with E-state index in [-0.39, 0.29) is 29.3 Å². The highest BCUT2D eigenvalue weighted by Gasteiger charge is 2.30. The van der Waals surface area contributed by atoms with Gasteiger partial charge in [-0.2, -0.15) is 0 Å². The molecule has 4 nitrogen and oxygen atoms in total. The summed E-state index contributed by atoms with van der Waals surface area (Å²) >= 11 is 0. The fourth-order valence-corrected chi connectivity index (χ4v) is 2.97. The van der Waals surface area contributed by atoms with Crippen molar-refractivity contribution < 1.29 is 19.1 Å². The number of carbonyl (C=O) groups excluding carboxylic acids is 2. The van der Waals surface area contributed by atoms with Crippen LogP contribution in [-0.2, 0) is 10.2 Å². The molecule has 0 saturated heterocycles. The molecule has 27 heavy (non-hydrogen) atoms. The first-order chi connectivity index (χ1) is 12.7. The Balaban J connectivity index is 1.89. The van der Waals surface area contributed by atoms with Gasteiger partial charge in [0, 0.05) is 12.5 Å². The third-order valence-corrected chi connectivity index (χ3v) is 4.54. The fourth-order valence-electron chi connectivity index (χ4n) is 2.97. The van der Waals surface area contributed by atoms with Crippen molar-refractivity contribution in [2.75, 3.05) is 0 Å². The standard InChI is InChI=1S/C23H24O4/c1-6-20(24)26-17-11-14(2)21-18(13-17)27-19(22(21)25)12-15-7-9-16(10-8-15)23(3,4)5/h7-13H,6H2,1-5H3/b19-12-. The molecule has 1 aliphatic rings. The molecule has 2 aromatic carbocycles. The Morgan fingerprint density at radius 1 is 1.15 bits per heavy atom. The summed E-state index contributed by atoms with van der Waals surface area (Å²) in [5, 5.41) is 0. The van der Waals surface area contributed by atoms with Crippen LogP contribution in [-0.4, -0.2) is 11.8 Å². The number of hydrogen-bond acceptors (Lipinski definition) is 4. The van der Waals surface area contributed by atoms with Crippen molar-refractivity contribution in [2.24, 2.45) is 0 Å². The van der Waals surface area contributed by atoms with Gasteiger partial charge in [0.2, 0.25) is 5.78 Å². The molecule has 2 aromatic rings. The summed E-state index contributed by atoms with van der Waals surface area (Å²) in [4.78, 5) is 24.3. The van der Waals surface area contributed by atoms with Crippen LogP contribution in [0.15, 0.2) is 42.2 Å². The number of Topliss-reactive ketones (excluding diaryl/α,β-unsaturated/α-hetero) is 1. The molecule has 0 atom stereocenters. The molecule has 4 heteroatoms. The summed E-state index contributed by atoms with van der Waals surface area (Å²) in [6, 6.07) is 11.4. The van der Waals surface area contributed by atoms with Gasteiger partial charge in [-0.1, -0.05) is 52.0 Å². The van der Waals surface area contributed by atoms with Gasteiger partial charge in [-0.25, -0.2) is 0 Å². The third kappa shape index (κ3) is 3.95. The number of rotatable bonds is 3. The van der Waals surface area contributed by atoms with Gasteiger partial charge >= 0.3 is 5.97 Å². The number of ketones is 1. The van der Waals surface area contributed by atoms with E-state index >= 15 is 0 Å². The first-order valence-corrected chi connectivity index (χ1v) is 9.09. The van der Waals surface area contributed by atoms with Gasteiger partial charge in [-0.15, -0.1) is 0 Å². The molecule has 140 valence electrons. The van der Waals surface area contributed by atoms with Crippen LogP contribution in [0, 0.1) is 6.92 Å². The predicted octanol–water partition coefficient (Wildman–Crippen LogP) is 5.22. The lowest BCUT2D eigenvalue weighted by molar-refractivity contribution is -0.134. The smallest absolute Gasteiger partial charge is 0.310 e. The van der Waals surface area contributed by atoms with Crippen molar-refractivity contribution in [2.45, 2.75) is 46.5 Å². The summed E-state index contributed by atoms with van der Waals surface area (Å²) in [5.74, 6) is 0.609. The minimum Gasteiger partial charge on any atom is -0.452 e. The van der Waals surface area contributed by atoms with E-state index in [1.807, 2.05) is 19.1 Å². The van der Waals surface area contributed by atoms with Gasteiger partial charge in [0.1, 0.15) is 11.5 Å². The third-order valence-electron chi connectivity index (χ3n) is 4.54. The molecule has 0 aliphatic carbocycles. The lowest BCUT2D eigenvalue weighted by Gasteiger charge is -2.18. The van der Waals surface area contributed by atoms with Crippen LogP contribution < -0.4 is 9.47 Å². The van der Waals surface area contributed by atoms with Crippen LogP contribution in [0.4, 0.5) is 0 Å². The highest BCUT2D eigenvalue weighted by molar-refractivity contribution is 6.15. The maximum Gasteiger partial charge on any atom is 0.310 e. The van der Waals surface area contributed by atoms with E-state index in [1.165, 1.54) is 5.56 Å². The van der Waals surface area contributed by atoms with E-state index in [2.05, 4.69) is 32.9 Å². The zero-order chi connectivity index (χ0) is 19.8. The van der Waals surface area contributed by atoms with E-state index in [1.54, 1.807) is 25.1 Å². The second-order valence-electron chi connectivity index (χ2n) is 7.75. The van der Waals surface area contributed by atoms with Gasteiger partial charge in [-0.3, -0.25) is 9.59 Å². The monoisotopic (exact) mass is 364 g/mol. The van der Waals surface area contributed by atoms with Crippen molar-refractivity contribution in [3.8, 4) is 11.5 Å². The Morgan fingerprint density at radius 2 is 1.81 bits per heavy atom. The lowest BCUT2D eigenvalue weighted by Crippen LogP contribution is -2.10. The summed E-state index contributed by atoms with van der Waals surface area (Å²) < 4.78 is 11.0. The van der Waals surface area contributed by atoms with E-state index < -0.39 is 0 Å². The average molecular weight is 364 g/mol. The maximum atomic E-state index is 12.7. The van der Waals surface area contributed by atoms with Gasteiger partial charge in [0.15, 0.2) is 5.76 Å². The number of fused-ring (bicyclic) bond motifs is 1. The second-order valence-corrected chi connectivity index (χ2v) is 7.75. The molecular formula is C23H24O4. The Hall–Kier alpha value is -2.88. The maximum absolute atomic E-state index is 12.7. The highest BCUT2D eigenvalue weighted by atomic mass is 16.5. The summed E-state index contributed by atoms with van der Waals surface area (Å²) in [7, 11) is 0. The Labute approximate surface area is 159 Å². The molecule has 0 radical (unpaired) electrons. The Morgan fingerprint density at radius 3 is 2.41 bits per heavy atom. The average Bonchev–Trinajstić information content (AvgIpc) is 2.90. The van der Waals surface area contributed by atoms with Crippen molar-refractivity contribution in [1.82, 2.24) is 0 Å². The van der Waals surface area contributed by atoms with Crippen LogP contribution >= 0.6 is 0 Å². The fraction of sp³-hybridized carbons (Fsp3) is 0.304. The number of allylic oxidation sites excluding steroid dienone is 1. The highest BCUT2D eigenvalue weighted by Crippen LogP contribution is 2.37. The van der Waals surface area contributed by atoms with E-state index in [9.17, 15) is 9.59 Å². The number of carbonyl (C=O) groups is 2. The zero-order valence-electron chi connectivity index (χ0n) is 16.4. The van der Waals surface area contributed by atoms with E-state index in [0.717, 1.165) is 11.1 Å². The molecule has 0 bridgehead atoms. The SMILES string of the molecule is CCC(=O)Oc1cc(C)c2c(c1)O/C(=C\c1ccc(C(C)(C)C)cc1)C2=O. The van der Waals surface area contributed by atoms with Crippen molar-refractivity contribution >= 4 is 17.8 Å². The first-order valence-electron chi connectivity index (χ1n) is 9.09. The van der Waals surface area contributed by atoms with Crippen molar-refractivity contribution in [1.29, 1.82) is 0 Å².